The molecule has 28 heavy (non-hydrogen) atoms. The van der Waals surface area contributed by atoms with Crippen molar-refractivity contribution in [3.63, 3.8) is 0 Å². The number of rotatable bonds is 3. The average Bonchev–Trinajstić information content (AvgIpc) is 2.63. The van der Waals surface area contributed by atoms with Crippen LogP contribution in [0.2, 0.25) is 0 Å². The fraction of sp³-hybridized carbons (Fsp3) is 0.286. The number of likely N-dealkylation sites (tertiary alicyclic amines) is 1. The number of fused-ring (bicyclic) bond motifs is 1. The Kier molecular flexibility index (Phi) is 3.80. The van der Waals surface area contributed by atoms with Gasteiger partial charge in [-0.15, -0.1) is 0 Å². The molecule has 3 aromatic rings. The van der Waals surface area contributed by atoms with E-state index >= 15 is 0 Å². The number of carbonyl (C=O) groups excluding carboxylic acids is 1. The standard InChI is InChI=1S/C21H18FN3O3/c22-17-6-5-13(7-16(17)20(27)25-9-21(10-25)11-28-12-21)8-18-14-3-1-2-4-15(14)19(26)24-23-18/h1-7H,8-12H2,(H,24,26). The molecule has 3 heterocycles. The summed E-state index contributed by atoms with van der Waals surface area (Å²) in [6.07, 6.45) is 0.385. The highest BCUT2D eigenvalue weighted by Gasteiger charge is 2.50. The van der Waals surface area contributed by atoms with E-state index in [0.29, 0.717) is 43.8 Å². The van der Waals surface area contributed by atoms with Gasteiger partial charge in [-0.1, -0.05) is 24.3 Å². The SMILES string of the molecule is O=C(c1cc(Cc2n[nH]c(=O)c3ccccc23)ccc1F)N1CC2(COC2)C1. The number of carbonyl (C=O) groups is 1. The molecule has 0 radical (unpaired) electrons. The predicted octanol–water partition coefficient (Wildman–Crippen LogP) is 2.13. The molecule has 1 spiro atoms. The van der Waals surface area contributed by atoms with Crippen LogP contribution in [0.25, 0.3) is 10.8 Å². The Hall–Kier alpha value is -3.06. The maximum Gasteiger partial charge on any atom is 0.272 e. The zero-order valence-corrected chi connectivity index (χ0v) is 15.1. The first-order valence-corrected chi connectivity index (χ1v) is 9.16. The van der Waals surface area contributed by atoms with Gasteiger partial charge in [0, 0.05) is 24.9 Å². The first-order valence-electron chi connectivity index (χ1n) is 9.16. The number of halogens is 1. The van der Waals surface area contributed by atoms with Crippen LogP contribution in [-0.4, -0.2) is 47.3 Å². The van der Waals surface area contributed by atoms with Crippen LogP contribution in [0.5, 0.6) is 0 Å². The number of aromatic nitrogens is 2. The number of benzene rings is 2. The highest BCUT2D eigenvalue weighted by molar-refractivity contribution is 5.95. The van der Waals surface area contributed by atoms with Gasteiger partial charge in [-0.3, -0.25) is 9.59 Å². The Labute approximate surface area is 159 Å². The van der Waals surface area contributed by atoms with Crippen molar-refractivity contribution in [3.05, 3.63) is 75.5 Å². The second-order valence-electron chi connectivity index (χ2n) is 7.69. The van der Waals surface area contributed by atoms with E-state index in [4.69, 9.17) is 4.74 Å². The van der Waals surface area contributed by atoms with Gasteiger partial charge in [0.15, 0.2) is 0 Å². The molecule has 1 amide bonds. The number of aromatic amines is 1. The summed E-state index contributed by atoms with van der Waals surface area (Å²) in [5, 5.41) is 7.97. The molecule has 5 rings (SSSR count). The number of H-pyrrole nitrogens is 1. The van der Waals surface area contributed by atoms with Crippen molar-refractivity contribution in [2.75, 3.05) is 26.3 Å². The van der Waals surface area contributed by atoms with Crippen molar-refractivity contribution in [1.29, 1.82) is 0 Å². The first kappa shape index (κ1) is 17.1. The number of hydrogen-bond donors (Lipinski definition) is 1. The summed E-state index contributed by atoms with van der Waals surface area (Å²) in [7, 11) is 0. The molecular formula is C21H18FN3O3. The van der Waals surface area contributed by atoms with Gasteiger partial charge in [0.2, 0.25) is 0 Å². The summed E-state index contributed by atoms with van der Waals surface area (Å²) in [5.74, 6) is -0.824. The van der Waals surface area contributed by atoms with E-state index in [2.05, 4.69) is 10.2 Å². The van der Waals surface area contributed by atoms with Crippen molar-refractivity contribution in [2.45, 2.75) is 6.42 Å². The topological polar surface area (TPSA) is 75.3 Å². The van der Waals surface area contributed by atoms with E-state index < -0.39 is 5.82 Å². The van der Waals surface area contributed by atoms with Gasteiger partial charge < -0.3 is 9.64 Å². The van der Waals surface area contributed by atoms with E-state index in [-0.39, 0.29) is 22.4 Å². The monoisotopic (exact) mass is 379 g/mol. The minimum absolute atomic E-state index is 0.0707. The van der Waals surface area contributed by atoms with Crippen molar-refractivity contribution < 1.29 is 13.9 Å². The molecule has 1 N–H and O–H groups in total. The fourth-order valence-corrected chi connectivity index (χ4v) is 4.00. The lowest BCUT2D eigenvalue weighted by Gasteiger charge is -2.54. The molecule has 6 nitrogen and oxygen atoms in total. The van der Waals surface area contributed by atoms with E-state index in [1.54, 1.807) is 29.2 Å². The number of nitrogens with one attached hydrogen (secondary N) is 1. The Morgan fingerprint density at radius 2 is 1.93 bits per heavy atom. The molecule has 2 saturated heterocycles. The van der Waals surface area contributed by atoms with Gasteiger partial charge in [0.25, 0.3) is 11.5 Å². The molecule has 2 aliphatic rings. The second-order valence-corrected chi connectivity index (χ2v) is 7.69. The summed E-state index contributed by atoms with van der Waals surface area (Å²) >= 11 is 0. The van der Waals surface area contributed by atoms with Crippen LogP contribution in [0.4, 0.5) is 4.39 Å². The Morgan fingerprint density at radius 1 is 1.18 bits per heavy atom. The number of nitrogens with zero attached hydrogens (tertiary/aromatic N) is 2. The quantitative estimate of drug-likeness (QED) is 0.757. The molecule has 2 aromatic carbocycles. The van der Waals surface area contributed by atoms with E-state index in [0.717, 1.165) is 10.9 Å². The third-order valence-electron chi connectivity index (χ3n) is 5.56. The van der Waals surface area contributed by atoms with Crippen molar-refractivity contribution in [3.8, 4) is 0 Å². The van der Waals surface area contributed by atoms with E-state index in [9.17, 15) is 14.0 Å². The van der Waals surface area contributed by atoms with Crippen molar-refractivity contribution in [2.24, 2.45) is 5.41 Å². The molecule has 0 atom stereocenters. The lowest BCUT2D eigenvalue weighted by Crippen LogP contribution is -2.67. The number of amides is 1. The van der Waals surface area contributed by atoms with Crippen LogP contribution >= 0.6 is 0 Å². The van der Waals surface area contributed by atoms with Gasteiger partial charge in [-0.25, -0.2) is 9.49 Å². The molecule has 2 aliphatic heterocycles. The largest absolute Gasteiger partial charge is 0.380 e. The number of ether oxygens (including phenoxy) is 1. The van der Waals surface area contributed by atoms with Gasteiger partial charge in [-0.2, -0.15) is 5.10 Å². The van der Waals surface area contributed by atoms with Crippen LogP contribution in [0.15, 0.2) is 47.3 Å². The third-order valence-corrected chi connectivity index (χ3v) is 5.56. The Balaban J connectivity index is 1.43. The average molecular weight is 379 g/mol. The van der Waals surface area contributed by atoms with Crippen LogP contribution in [0.1, 0.15) is 21.6 Å². The maximum atomic E-state index is 14.3. The molecule has 0 saturated carbocycles. The summed E-state index contributed by atoms with van der Waals surface area (Å²) in [5.41, 5.74) is 1.34. The lowest BCUT2D eigenvalue weighted by atomic mass is 9.77. The maximum absolute atomic E-state index is 14.3. The molecule has 2 fully saturated rings. The molecule has 0 bridgehead atoms. The number of hydrogen-bond acceptors (Lipinski definition) is 4. The minimum atomic E-state index is -0.529. The summed E-state index contributed by atoms with van der Waals surface area (Å²) < 4.78 is 19.6. The van der Waals surface area contributed by atoms with Crippen LogP contribution < -0.4 is 5.56 Å². The van der Waals surface area contributed by atoms with Crippen molar-refractivity contribution in [1.82, 2.24) is 15.1 Å². The Morgan fingerprint density at radius 3 is 2.64 bits per heavy atom. The summed E-state index contributed by atoms with van der Waals surface area (Å²) in [6.45, 7) is 2.57. The Bertz CT molecular complexity index is 1150. The molecule has 1 aromatic heterocycles. The van der Waals surface area contributed by atoms with Gasteiger partial charge in [-0.05, 0) is 23.8 Å². The molecule has 0 unspecified atom stereocenters. The van der Waals surface area contributed by atoms with Gasteiger partial charge in [0.05, 0.1) is 35.3 Å². The van der Waals surface area contributed by atoms with E-state index in [1.165, 1.54) is 6.07 Å². The van der Waals surface area contributed by atoms with E-state index in [1.807, 2.05) is 12.1 Å². The molecule has 142 valence electrons. The normalized spacial score (nSPS) is 17.4. The zero-order chi connectivity index (χ0) is 19.3. The summed E-state index contributed by atoms with van der Waals surface area (Å²) in [4.78, 5) is 26.3. The van der Waals surface area contributed by atoms with Crippen LogP contribution in [0, 0.1) is 11.2 Å². The van der Waals surface area contributed by atoms with Gasteiger partial charge >= 0.3 is 0 Å². The minimum Gasteiger partial charge on any atom is -0.380 e. The van der Waals surface area contributed by atoms with Gasteiger partial charge in [0.1, 0.15) is 5.82 Å². The molecular weight excluding hydrogens is 361 g/mol. The summed E-state index contributed by atoms with van der Waals surface area (Å²) in [6, 6.07) is 11.8. The lowest BCUT2D eigenvalue weighted by molar-refractivity contribution is -0.176. The second kappa shape index (κ2) is 6.24. The first-order chi connectivity index (χ1) is 13.5. The van der Waals surface area contributed by atoms with Crippen LogP contribution in [0.3, 0.4) is 0 Å². The predicted molar refractivity (Wildman–Crippen MR) is 101 cm³/mol. The highest BCUT2D eigenvalue weighted by atomic mass is 19.1. The van der Waals surface area contributed by atoms with Crippen molar-refractivity contribution >= 4 is 16.7 Å². The highest BCUT2D eigenvalue weighted by Crippen LogP contribution is 2.38. The third kappa shape index (κ3) is 2.70. The zero-order valence-electron chi connectivity index (χ0n) is 15.1. The smallest absolute Gasteiger partial charge is 0.272 e. The van der Waals surface area contributed by atoms with Crippen LogP contribution in [-0.2, 0) is 11.2 Å². The fourth-order valence-electron chi connectivity index (χ4n) is 4.00. The molecule has 0 aliphatic carbocycles. The molecule has 7 heteroatoms.